The fraction of sp³-hybridized carbons (Fsp3) is 0.680. The van der Waals surface area contributed by atoms with Crippen molar-refractivity contribution in [2.24, 2.45) is 0 Å². The van der Waals surface area contributed by atoms with Crippen LogP contribution in [0.3, 0.4) is 0 Å². The molecule has 0 fully saturated rings. The highest BCUT2D eigenvalue weighted by Crippen LogP contribution is 2.17. The van der Waals surface area contributed by atoms with Gasteiger partial charge in [0.25, 0.3) is 0 Å². The summed E-state index contributed by atoms with van der Waals surface area (Å²) in [5.74, 6) is 0.179. The van der Waals surface area contributed by atoms with Gasteiger partial charge >= 0.3 is 11.9 Å². The van der Waals surface area contributed by atoms with Crippen LogP contribution < -0.4 is 4.74 Å². The van der Waals surface area contributed by atoms with Crippen molar-refractivity contribution >= 4 is 11.9 Å². The summed E-state index contributed by atoms with van der Waals surface area (Å²) in [6.45, 7) is 6.71. The fourth-order valence-electron chi connectivity index (χ4n) is 3.38. The lowest BCUT2D eigenvalue weighted by Crippen LogP contribution is -2.09. The van der Waals surface area contributed by atoms with E-state index < -0.39 is 0 Å². The molecule has 164 valence electrons. The van der Waals surface area contributed by atoms with Gasteiger partial charge in [-0.05, 0) is 56.4 Å². The monoisotopic (exact) mass is 404 g/mol. The molecule has 0 amide bonds. The van der Waals surface area contributed by atoms with Crippen molar-refractivity contribution in [3.8, 4) is 5.75 Å². The molecule has 4 nitrogen and oxygen atoms in total. The minimum Gasteiger partial charge on any atom is -0.466 e. The molecule has 0 aliphatic carbocycles. The highest BCUT2D eigenvalue weighted by atomic mass is 16.5. The van der Waals surface area contributed by atoms with Crippen molar-refractivity contribution < 1.29 is 19.1 Å². The molecular weight excluding hydrogens is 364 g/mol. The zero-order valence-electron chi connectivity index (χ0n) is 18.8. The molecule has 0 atom stereocenters. The number of rotatable bonds is 16. The molecule has 0 saturated heterocycles. The zero-order chi connectivity index (χ0) is 21.3. The van der Waals surface area contributed by atoms with Crippen LogP contribution >= 0.6 is 0 Å². The lowest BCUT2D eigenvalue weighted by molar-refractivity contribution is -0.144. The number of ether oxygens (including phenoxy) is 2. The maximum absolute atomic E-state index is 11.9. The molecule has 0 aliphatic heterocycles. The van der Waals surface area contributed by atoms with Gasteiger partial charge in [0.05, 0.1) is 6.61 Å². The number of unbranched alkanes of at least 4 members (excludes halogenated alkanes) is 9. The van der Waals surface area contributed by atoms with Crippen LogP contribution in [-0.4, -0.2) is 18.5 Å². The van der Waals surface area contributed by atoms with Crippen molar-refractivity contribution in [3.63, 3.8) is 0 Å². The first-order chi connectivity index (χ1) is 14.0. The highest BCUT2D eigenvalue weighted by Gasteiger charge is 2.08. The Kier molecular flexibility index (Phi) is 13.9. The van der Waals surface area contributed by atoms with Crippen LogP contribution in [0.2, 0.25) is 0 Å². The van der Waals surface area contributed by atoms with Gasteiger partial charge < -0.3 is 9.47 Å². The molecule has 0 N–H and O–H groups in total. The Balaban J connectivity index is 1.96. The van der Waals surface area contributed by atoms with Gasteiger partial charge in [-0.1, -0.05) is 64.4 Å². The Morgan fingerprint density at radius 1 is 0.690 bits per heavy atom. The van der Waals surface area contributed by atoms with Crippen LogP contribution in [0.15, 0.2) is 18.2 Å². The third-order valence-corrected chi connectivity index (χ3v) is 4.95. The first kappa shape index (κ1) is 25.2. The van der Waals surface area contributed by atoms with E-state index in [1.807, 2.05) is 32.0 Å². The Hall–Kier alpha value is -1.84. The standard InChI is InChI=1S/C25H40O4/c1-4-5-6-7-8-9-10-11-14-17-28-24(26)15-12-13-16-25(27)29-23-19-21(2)18-22(3)20-23/h18-20H,4-17H2,1-3H3. The number of benzene rings is 1. The van der Waals surface area contributed by atoms with Gasteiger partial charge in [0.15, 0.2) is 0 Å². The number of esters is 2. The Morgan fingerprint density at radius 3 is 1.79 bits per heavy atom. The van der Waals surface area contributed by atoms with Crippen molar-refractivity contribution in [1.82, 2.24) is 0 Å². The fourth-order valence-corrected chi connectivity index (χ4v) is 3.38. The predicted molar refractivity (Wildman–Crippen MR) is 118 cm³/mol. The number of hydrogen-bond donors (Lipinski definition) is 0. The van der Waals surface area contributed by atoms with Gasteiger partial charge in [-0.15, -0.1) is 0 Å². The molecule has 4 heteroatoms. The van der Waals surface area contributed by atoms with E-state index in [0.29, 0.717) is 38.0 Å². The van der Waals surface area contributed by atoms with E-state index in [1.165, 1.54) is 44.9 Å². The van der Waals surface area contributed by atoms with E-state index in [0.717, 1.165) is 24.0 Å². The molecule has 0 unspecified atom stereocenters. The molecule has 0 bridgehead atoms. The summed E-state index contributed by atoms with van der Waals surface area (Å²) < 4.78 is 10.6. The quantitative estimate of drug-likeness (QED) is 0.172. The molecule has 0 aromatic heterocycles. The lowest BCUT2D eigenvalue weighted by Gasteiger charge is -2.07. The van der Waals surface area contributed by atoms with Crippen LogP contribution in [0.25, 0.3) is 0 Å². The number of aryl methyl sites for hydroxylation is 2. The molecule has 0 heterocycles. The van der Waals surface area contributed by atoms with E-state index in [4.69, 9.17) is 9.47 Å². The van der Waals surface area contributed by atoms with Gasteiger partial charge in [0.1, 0.15) is 5.75 Å². The first-order valence-electron chi connectivity index (χ1n) is 11.5. The van der Waals surface area contributed by atoms with Gasteiger partial charge in [-0.25, -0.2) is 0 Å². The van der Waals surface area contributed by atoms with Gasteiger partial charge in [0.2, 0.25) is 0 Å². The largest absolute Gasteiger partial charge is 0.466 e. The van der Waals surface area contributed by atoms with Crippen LogP contribution in [0.4, 0.5) is 0 Å². The molecule has 1 aromatic carbocycles. The summed E-state index contributed by atoms with van der Waals surface area (Å²) in [5.41, 5.74) is 2.14. The first-order valence-corrected chi connectivity index (χ1v) is 11.5. The zero-order valence-corrected chi connectivity index (χ0v) is 18.8. The summed E-state index contributed by atoms with van der Waals surface area (Å²) >= 11 is 0. The molecule has 29 heavy (non-hydrogen) atoms. The van der Waals surface area contributed by atoms with Crippen LogP contribution in [-0.2, 0) is 14.3 Å². The molecule has 0 radical (unpaired) electrons. The molecule has 0 aliphatic rings. The van der Waals surface area contributed by atoms with Gasteiger partial charge in [0, 0.05) is 12.8 Å². The molecule has 1 rings (SSSR count). The maximum atomic E-state index is 11.9. The average molecular weight is 405 g/mol. The average Bonchev–Trinajstić information content (AvgIpc) is 2.66. The third kappa shape index (κ3) is 13.9. The Morgan fingerprint density at radius 2 is 1.21 bits per heavy atom. The summed E-state index contributed by atoms with van der Waals surface area (Å²) in [4.78, 5) is 23.7. The number of hydrogen-bond acceptors (Lipinski definition) is 4. The Bertz CT molecular complexity index is 574. The molecule has 1 aromatic rings. The SMILES string of the molecule is CCCCCCCCCCCOC(=O)CCCCC(=O)Oc1cc(C)cc(C)c1. The summed E-state index contributed by atoms with van der Waals surface area (Å²) in [7, 11) is 0. The molecule has 0 spiro atoms. The number of carbonyl (C=O) groups is 2. The van der Waals surface area contributed by atoms with E-state index in [1.54, 1.807) is 0 Å². The maximum Gasteiger partial charge on any atom is 0.311 e. The normalized spacial score (nSPS) is 10.7. The third-order valence-electron chi connectivity index (χ3n) is 4.95. The Labute approximate surface area is 177 Å². The van der Waals surface area contributed by atoms with Crippen LogP contribution in [0, 0.1) is 13.8 Å². The topological polar surface area (TPSA) is 52.6 Å². The van der Waals surface area contributed by atoms with Gasteiger partial charge in [-0.3, -0.25) is 9.59 Å². The lowest BCUT2D eigenvalue weighted by atomic mass is 10.1. The highest BCUT2D eigenvalue weighted by molar-refractivity contribution is 5.72. The second-order valence-electron chi connectivity index (χ2n) is 8.05. The predicted octanol–water partition coefficient (Wildman–Crippen LogP) is 6.84. The summed E-state index contributed by atoms with van der Waals surface area (Å²) in [6, 6.07) is 5.75. The van der Waals surface area contributed by atoms with Crippen molar-refractivity contribution in [1.29, 1.82) is 0 Å². The van der Waals surface area contributed by atoms with Crippen LogP contribution in [0.1, 0.15) is 102 Å². The molecule has 0 saturated carbocycles. The summed E-state index contributed by atoms with van der Waals surface area (Å²) in [6.07, 6.45) is 13.2. The minimum absolute atomic E-state index is 0.160. The van der Waals surface area contributed by atoms with Crippen LogP contribution in [0.5, 0.6) is 5.75 Å². The van der Waals surface area contributed by atoms with Crippen molar-refractivity contribution in [2.45, 2.75) is 104 Å². The summed E-state index contributed by atoms with van der Waals surface area (Å²) in [5, 5.41) is 0. The van der Waals surface area contributed by atoms with Crippen molar-refractivity contribution in [2.75, 3.05) is 6.61 Å². The second-order valence-corrected chi connectivity index (χ2v) is 8.05. The van der Waals surface area contributed by atoms with E-state index in [2.05, 4.69) is 6.92 Å². The van der Waals surface area contributed by atoms with Crippen molar-refractivity contribution in [3.05, 3.63) is 29.3 Å². The smallest absolute Gasteiger partial charge is 0.311 e. The van der Waals surface area contributed by atoms with E-state index >= 15 is 0 Å². The van der Waals surface area contributed by atoms with E-state index in [-0.39, 0.29) is 11.9 Å². The minimum atomic E-state index is -0.252. The molecular formula is C25H40O4. The van der Waals surface area contributed by atoms with E-state index in [9.17, 15) is 9.59 Å². The second kappa shape index (κ2) is 16.0. The number of carbonyl (C=O) groups excluding carboxylic acids is 2. The van der Waals surface area contributed by atoms with Gasteiger partial charge in [-0.2, -0.15) is 0 Å².